The van der Waals surface area contributed by atoms with E-state index < -0.39 is 33.4 Å². The van der Waals surface area contributed by atoms with E-state index in [-0.39, 0.29) is 17.7 Å². The summed E-state index contributed by atoms with van der Waals surface area (Å²) in [5.41, 5.74) is 2.11. The maximum Gasteiger partial charge on any atom is 0.241 e. The predicted molar refractivity (Wildman–Crippen MR) is 85.9 cm³/mol. The van der Waals surface area contributed by atoms with Gasteiger partial charge in [-0.25, -0.2) is 12.8 Å². The zero-order valence-corrected chi connectivity index (χ0v) is 14.8. The Morgan fingerprint density at radius 2 is 2.13 bits per heavy atom. The lowest BCUT2D eigenvalue weighted by molar-refractivity contribution is -0.129. The molecule has 0 aromatic rings. The smallest absolute Gasteiger partial charge is 0.241 e. The summed E-state index contributed by atoms with van der Waals surface area (Å²) in [5.74, 6) is -1.72. The van der Waals surface area contributed by atoms with Gasteiger partial charge in [-0.15, -0.1) is 16.4 Å². The fourth-order valence-corrected chi connectivity index (χ4v) is 3.96. The zero-order chi connectivity index (χ0) is 17.2. The number of sulfonamides is 1. The first-order valence-corrected chi connectivity index (χ1v) is 9.81. The SMILES string of the molecule is CCS(=O)(=O)NNC(=O)C1CC(C2CN(C)CN2)CC(Cl)C1F. The standard InChI is InChI=1S/C13H24ClFN4O3S/c1-3-23(21,22)18-17-13(20)9-4-8(5-10(14)12(9)15)11-6-19(2)7-16-11/h8-12,16,18H,3-7H2,1-2H3,(H,17,20). The number of carbonyl (C=O) groups is 1. The summed E-state index contributed by atoms with van der Waals surface area (Å²) < 4.78 is 37.1. The molecule has 0 aromatic heterocycles. The molecule has 0 aromatic carbocycles. The van der Waals surface area contributed by atoms with E-state index in [4.69, 9.17) is 11.6 Å². The molecule has 1 aliphatic carbocycles. The van der Waals surface area contributed by atoms with Crippen LogP contribution >= 0.6 is 11.6 Å². The first kappa shape index (κ1) is 18.9. The molecule has 10 heteroatoms. The summed E-state index contributed by atoms with van der Waals surface area (Å²) in [5, 5.41) is 2.59. The van der Waals surface area contributed by atoms with Crippen LogP contribution in [0.3, 0.4) is 0 Å². The molecule has 1 amide bonds. The van der Waals surface area contributed by atoms with Crippen molar-refractivity contribution in [2.45, 2.75) is 37.4 Å². The highest BCUT2D eigenvalue weighted by atomic mass is 35.5. The summed E-state index contributed by atoms with van der Waals surface area (Å²) in [6.45, 7) is 3.02. The second kappa shape index (κ2) is 7.60. The Balaban J connectivity index is 1.99. The zero-order valence-electron chi connectivity index (χ0n) is 13.3. The van der Waals surface area contributed by atoms with Crippen molar-refractivity contribution in [2.24, 2.45) is 11.8 Å². The van der Waals surface area contributed by atoms with Crippen LogP contribution in [-0.4, -0.2) is 62.8 Å². The molecule has 2 aliphatic rings. The van der Waals surface area contributed by atoms with Crippen LogP contribution < -0.4 is 15.6 Å². The monoisotopic (exact) mass is 370 g/mol. The molecular weight excluding hydrogens is 347 g/mol. The number of likely N-dealkylation sites (N-methyl/N-ethyl adjacent to an activating group) is 1. The predicted octanol–water partition coefficient (Wildman–Crippen LogP) is -0.210. The van der Waals surface area contributed by atoms with Gasteiger partial charge in [0.15, 0.2) is 0 Å². The number of nitrogens with one attached hydrogen (secondary N) is 3. The number of amides is 1. The minimum atomic E-state index is -3.58. The first-order valence-electron chi connectivity index (χ1n) is 7.73. The second-order valence-corrected chi connectivity index (χ2v) is 8.87. The number of hydrogen-bond acceptors (Lipinski definition) is 5. The summed E-state index contributed by atoms with van der Waals surface area (Å²) >= 11 is 6.10. The van der Waals surface area contributed by atoms with Gasteiger partial charge in [-0.2, -0.15) is 0 Å². The van der Waals surface area contributed by atoms with E-state index in [1.54, 1.807) is 0 Å². The lowest BCUT2D eigenvalue weighted by Gasteiger charge is -2.37. The Labute approximate surface area is 141 Å². The van der Waals surface area contributed by atoms with Gasteiger partial charge in [-0.3, -0.25) is 20.4 Å². The van der Waals surface area contributed by atoms with Crippen molar-refractivity contribution in [1.82, 2.24) is 20.5 Å². The number of rotatable bonds is 5. The highest BCUT2D eigenvalue weighted by Crippen LogP contribution is 2.37. The van der Waals surface area contributed by atoms with E-state index in [1.807, 2.05) is 11.9 Å². The van der Waals surface area contributed by atoms with Crippen molar-refractivity contribution < 1.29 is 17.6 Å². The number of hydrazine groups is 1. The largest absolute Gasteiger partial charge is 0.300 e. The van der Waals surface area contributed by atoms with Gasteiger partial charge in [-0.05, 0) is 32.7 Å². The van der Waals surface area contributed by atoms with E-state index in [9.17, 15) is 17.6 Å². The van der Waals surface area contributed by atoms with Crippen LogP contribution in [0.1, 0.15) is 19.8 Å². The molecular formula is C13H24ClFN4O3S. The van der Waals surface area contributed by atoms with Crippen LogP contribution in [0.4, 0.5) is 4.39 Å². The Morgan fingerprint density at radius 3 is 2.70 bits per heavy atom. The third-order valence-corrected chi connectivity index (χ3v) is 6.15. The molecule has 23 heavy (non-hydrogen) atoms. The lowest BCUT2D eigenvalue weighted by Crippen LogP contribution is -2.52. The van der Waals surface area contributed by atoms with E-state index in [0.29, 0.717) is 12.8 Å². The Bertz CT molecular complexity index is 535. The fraction of sp³-hybridized carbons (Fsp3) is 0.923. The lowest BCUT2D eigenvalue weighted by atomic mass is 9.76. The van der Waals surface area contributed by atoms with E-state index in [2.05, 4.69) is 15.6 Å². The maximum atomic E-state index is 14.3. The molecule has 2 rings (SSSR count). The van der Waals surface area contributed by atoms with Gasteiger partial charge in [0.2, 0.25) is 15.9 Å². The third-order valence-electron chi connectivity index (χ3n) is 4.56. The van der Waals surface area contributed by atoms with E-state index in [0.717, 1.165) is 13.2 Å². The van der Waals surface area contributed by atoms with Crippen LogP contribution in [0.2, 0.25) is 0 Å². The molecule has 7 nitrogen and oxygen atoms in total. The van der Waals surface area contributed by atoms with E-state index in [1.165, 1.54) is 6.92 Å². The summed E-state index contributed by atoms with van der Waals surface area (Å²) in [6.07, 6.45) is -0.646. The maximum absolute atomic E-state index is 14.3. The Morgan fingerprint density at radius 1 is 1.43 bits per heavy atom. The average molecular weight is 371 g/mol. The quantitative estimate of drug-likeness (QED) is 0.460. The molecule has 0 radical (unpaired) electrons. The van der Waals surface area contributed by atoms with Crippen LogP contribution in [0, 0.1) is 11.8 Å². The minimum Gasteiger partial charge on any atom is -0.300 e. The molecule has 5 atom stereocenters. The van der Waals surface area contributed by atoms with Crippen molar-refractivity contribution >= 4 is 27.5 Å². The second-order valence-electron chi connectivity index (χ2n) is 6.30. The topological polar surface area (TPSA) is 90.5 Å². The number of halogens is 2. The van der Waals surface area contributed by atoms with Gasteiger partial charge in [0.1, 0.15) is 6.17 Å². The molecule has 0 bridgehead atoms. The number of alkyl halides is 2. The van der Waals surface area contributed by atoms with Crippen molar-refractivity contribution in [2.75, 3.05) is 26.0 Å². The molecule has 1 saturated carbocycles. The van der Waals surface area contributed by atoms with Crippen molar-refractivity contribution in [3.63, 3.8) is 0 Å². The molecule has 3 N–H and O–H groups in total. The van der Waals surface area contributed by atoms with Gasteiger partial charge in [0.05, 0.1) is 17.0 Å². The van der Waals surface area contributed by atoms with Crippen molar-refractivity contribution in [3.8, 4) is 0 Å². The van der Waals surface area contributed by atoms with E-state index >= 15 is 0 Å². The molecule has 5 unspecified atom stereocenters. The highest BCUT2D eigenvalue weighted by molar-refractivity contribution is 7.89. The summed E-state index contributed by atoms with van der Waals surface area (Å²) in [7, 11) is -1.60. The van der Waals surface area contributed by atoms with Crippen LogP contribution in [-0.2, 0) is 14.8 Å². The minimum absolute atomic E-state index is 0.0768. The number of carbonyl (C=O) groups excluding carboxylic acids is 1. The Kier molecular flexibility index (Phi) is 6.23. The summed E-state index contributed by atoms with van der Waals surface area (Å²) in [4.78, 5) is 16.3. The van der Waals surface area contributed by atoms with Gasteiger partial charge in [0, 0.05) is 19.3 Å². The van der Waals surface area contributed by atoms with Crippen LogP contribution in [0.15, 0.2) is 0 Å². The fourth-order valence-electron chi connectivity index (χ4n) is 3.15. The molecule has 1 heterocycles. The van der Waals surface area contributed by atoms with Crippen LogP contribution in [0.25, 0.3) is 0 Å². The average Bonchev–Trinajstić information content (AvgIpc) is 2.94. The number of hydrogen-bond donors (Lipinski definition) is 3. The van der Waals surface area contributed by atoms with Crippen LogP contribution in [0.5, 0.6) is 0 Å². The molecule has 0 spiro atoms. The molecule has 1 aliphatic heterocycles. The van der Waals surface area contributed by atoms with Crippen molar-refractivity contribution in [1.29, 1.82) is 0 Å². The third kappa shape index (κ3) is 4.76. The molecule has 1 saturated heterocycles. The molecule has 2 fully saturated rings. The Hall–Kier alpha value is -0.480. The van der Waals surface area contributed by atoms with Crippen molar-refractivity contribution in [3.05, 3.63) is 0 Å². The van der Waals surface area contributed by atoms with Gasteiger partial charge in [-0.1, -0.05) is 0 Å². The van der Waals surface area contributed by atoms with Gasteiger partial charge >= 0.3 is 0 Å². The van der Waals surface area contributed by atoms with Gasteiger partial charge < -0.3 is 0 Å². The highest BCUT2D eigenvalue weighted by Gasteiger charge is 2.44. The molecule has 134 valence electrons. The van der Waals surface area contributed by atoms with Gasteiger partial charge in [0.25, 0.3) is 0 Å². The number of nitrogens with zero attached hydrogens (tertiary/aromatic N) is 1. The summed E-state index contributed by atoms with van der Waals surface area (Å²) in [6, 6.07) is 0.163. The first-order chi connectivity index (χ1) is 10.7. The normalized spacial score (nSPS) is 36.1.